The highest BCUT2D eigenvalue weighted by molar-refractivity contribution is 5.78. The first kappa shape index (κ1) is 26.2. The van der Waals surface area contributed by atoms with Crippen LogP contribution in [0.1, 0.15) is 92.4 Å². The van der Waals surface area contributed by atoms with Crippen LogP contribution >= 0.6 is 0 Å². The van der Waals surface area contributed by atoms with Crippen LogP contribution in [-0.4, -0.2) is 55.8 Å². The molecule has 5 aliphatic carbocycles. The molecule has 10 atom stereocenters. The van der Waals surface area contributed by atoms with Crippen molar-refractivity contribution in [3.63, 3.8) is 0 Å². The van der Waals surface area contributed by atoms with Crippen molar-refractivity contribution in [1.29, 1.82) is 0 Å². The first-order valence-corrected chi connectivity index (χ1v) is 13.8. The van der Waals surface area contributed by atoms with Crippen LogP contribution in [0.25, 0.3) is 0 Å². The molecule has 5 aliphatic rings. The number of hydrogen-bond donors (Lipinski definition) is 5. The molecule has 0 saturated heterocycles. The average Bonchev–Trinajstić information content (AvgIpc) is 2.76. The van der Waals surface area contributed by atoms with Crippen LogP contribution in [0.2, 0.25) is 0 Å². The lowest BCUT2D eigenvalue weighted by molar-refractivity contribution is -0.224. The Balaban J connectivity index is 1.60. The van der Waals surface area contributed by atoms with Gasteiger partial charge < -0.3 is 25.5 Å². The average molecular weight is 505 g/mol. The summed E-state index contributed by atoms with van der Waals surface area (Å²) in [5.41, 5.74) is -0.790. The second-order valence-corrected chi connectivity index (χ2v) is 14.4. The van der Waals surface area contributed by atoms with Gasteiger partial charge in [-0.05, 0) is 98.7 Å². The summed E-state index contributed by atoms with van der Waals surface area (Å²) in [4.78, 5) is 25.2. The highest BCUT2D eigenvalue weighted by Crippen LogP contribution is 2.71. The third-order valence-corrected chi connectivity index (χ3v) is 12.2. The third-order valence-electron chi connectivity index (χ3n) is 12.2. The lowest BCUT2D eigenvalue weighted by Crippen LogP contribution is -2.66. The van der Waals surface area contributed by atoms with Crippen molar-refractivity contribution < 1.29 is 35.1 Å². The number of hydrogen-bond acceptors (Lipinski definition) is 5. The number of carbonyl (C=O) groups is 2. The normalized spacial score (nSPS) is 51.9. The van der Waals surface area contributed by atoms with Gasteiger partial charge in [-0.1, -0.05) is 38.8 Å². The standard InChI is InChI=1S/C29H44O7/c1-25(2)12-17-15-6-7-19-26(3,16(15)8-11-29(17,24(35)36)21(31)14-25)10-9-20-27(19,4)13-18(30)22(32)28(20,5)23(33)34/h17-22,30-32H,6-14H2,1-5H3,(H,33,34)(H,35,36). The minimum Gasteiger partial charge on any atom is -0.481 e. The van der Waals surface area contributed by atoms with E-state index in [1.165, 1.54) is 11.1 Å². The monoisotopic (exact) mass is 504 g/mol. The van der Waals surface area contributed by atoms with Gasteiger partial charge >= 0.3 is 11.9 Å². The van der Waals surface area contributed by atoms with Crippen molar-refractivity contribution in [2.45, 2.75) is 111 Å². The Hall–Kier alpha value is -1.44. The fourth-order valence-electron chi connectivity index (χ4n) is 10.6. The van der Waals surface area contributed by atoms with Gasteiger partial charge in [-0.25, -0.2) is 0 Å². The summed E-state index contributed by atoms with van der Waals surface area (Å²) < 4.78 is 0. The second kappa shape index (κ2) is 7.79. The van der Waals surface area contributed by atoms with Gasteiger partial charge in [-0.3, -0.25) is 9.59 Å². The molecule has 0 aliphatic heterocycles. The van der Waals surface area contributed by atoms with Crippen molar-refractivity contribution in [3.8, 4) is 0 Å². The SMILES string of the molecule is CC1(C)CC(O)C2(C(=O)O)CCC3=C(CCC4C3(C)CCC3C4(C)CC(O)C(O)C3(C)C(=O)O)C2C1. The van der Waals surface area contributed by atoms with E-state index in [2.05, 4.69) is 27.7 Å². The second-order valence-electron chi connectivity index (χ2n) is 14.4. The number of carboxylic acid groups (broad SMARTS) is 2. The minimum atomic E-state index is -1.41. The number of aliphatic hydroxyl groups excluding tert-OH is 3. The summed E-state index contributed by atoms with van der Waals surface area (Å²) >= 11 is 0. The van der Waals surface area contributed by atoms with E-state index in [-0.39, 0.29) is 28.6 Å². The van der Waals surface area contributed by atoms with E-state index in [1.54, 1.807) is 6.92 Å². The largest absolute Gasteiger partial charge is 0.481 e. The number of aliphatic carboxylic acids is 2. The van der Waals surface area contributed by atoms with Gasteiger partial charge in [0.05, 0.1) is 23.7 Å². The summed E-state index contributed by atoms with van der Waals surface area (Å²) in [5, 5.41) is 53.6. The highest BCUT2D eigenvalue weighted by Gasteiger charge is 2.69. The van der Waals surface area contributed by atoms with Crippen LogP contribution in [0, 0.1) is 44.8 Å². The Morgan fingerprint density at radius 2 is 1.47 bits per heavy atom. The molecule has 0 radical (unpaired) electrons. The molecule has 0 heterocycles. The molecule has 0 spiro atoms. The quantitative estimate of drug-likeness (QED) is 0.359. The molecule has 3 saturated carbocycles. The maximum atomic E-state index is 12.7. The van der Waals surface area contributed by atoms with Gasteiger partial charge in [-0.15, -0.1) is 0 Å². The van der Waals surface area contributed by atoms with E-state index < -0.39 is 46.5 Å². The Morgan fingerprint density at radius 1 is 0.806 bits per heavy atom. The number of rotatable bonds is 2. The van der Waals surface area contributed by atoms with Crippen molar-refractivity contribution in [2.75, 3.05) is 0 Å². The number of aliphatic hydroxyl groups is 3. The third kappa shape index (κ3) is 3.08. The zero-order valence-electron chi connectivity index (χ0n) is 22.4. The summed E-state index contributed by atoms with van der Waals surface area (Å²) in [5.74, 6) is -2.23. The molecule has 7 nitrogen and oxygen atoms in total. The molecule has 0 aromatic rings. The van der Waals surface area contributed by atoms with Gasteiger partial charge in [0.2, 0.25) is 0 Å². The Labute approximate surface area is 214 Å². The molecule has 3 fully saturated rings. The summed E-state index contributed by atoms with van der Waals surface area (Å²) in [6, 6.07) is 0. The lowest BCUT2D eigenvalue weighted by atomic mass is 9.37. The van der Waals surface area contributed by atoms with Crippen LogP contribution < -0.4 is 0 Å². The van der Waals surface area contributed by atoms with Crippen LogP contribution in [0.4, 0.5) is 0 Å². The first-order valence-electron chi connectivity index (χ1n) is 13.8. The van der Waals surface area contributed by atoms with Crippen LogP contribution in [-0.2, 0) is 9.59 Å². The molecule has 36 heavy (non-hydrogen) atoms. The molecule has 0 aromatic carbocycles. The van der Waals surface area contributed by atoms with Crippen LogP contribution in [0.3, 0.4) is 0 Å². The van der Waals surface area contributed by atoms with E-state index in [9.17, 15) is 35.1 Å². The fraction of sp³-hybridized carbons (Fsp3) is 0.862. The number of allylic oxidation sites excluding steroid dienone is 2. The van der Waals surface area contributed by atoms with Gasteiger partial charge in [-0.2, -0.15) is 0 Å². The van der Waals surface area contributed by atoms with Gasteiger partial charge in [0.25, 0.3) is 0 Å². The fourth-order valence-corrected chi connectivity index (χ4v) is 10.6. The Kier molecular flexibility index (Phi) is 5.67. The van der Waals surface area contributed by atoms with E-state index in [0.717, 1.165) is 25.7 Å². The number of carboxylic acids is 2. The maximum absolute atomic E-state index is 12.7. The number of fused-ring (bicyclic) bond motifs is 6. The molecule has 10 unspecified atom stereocenters. The van der Waals surface area contributed by atoms with Gasteiger partial charge in [0.1, 0.15) is 5.41 Å². The highest BCUT2D eigenvalue weighted by atomic mass is 16.4. The molecule has 5 N–H and O–H groups in total. The van der Waals surface area contributed by atoms with Gasteiger partial charge in [0.15, 0.2) is 0 Å². The zero-order valence-corrected chi connectivity index (χ0v) is 22.4. The van der Waals surface area contributed by atoms with E-state index >= 15 is 0 Å². The Bertz CT molecular complexity index is 1020. The molecule has 7 heteroatoms. The van der Waals surface area contributed by atoms with Crippen molar-refractivity contribution in [1.82, 2.24) is 0 Å². The molecule has 0 bridgehead atoms. The molecule has 0 amide bonds. The first-order chi connectivity index (χ1) is 16.6. The van der Waals surface area contributed by atoms with E-state index in [1.807, 2.05) is 0 Å². The van der Waals surface area contributed by atoms with Gasteiger partial charge in [0, 0.05) is 0 Å². The van der Waals surface area contributed by atoms with Crippen LogP contribution in [0.15, 0.2) is 11.1 Å². The lowest BCUT2D eigenvalue weighted by Gasteiger charge is -2.67. The predicted molar refractivity (Wildman–Crippen MR) is 133 cm³/mol. The topological polar surface area (TPSA) is 135 Å². The summed E-state index contributed by atoms with van der Waals surface area (Å²) in [6.07, 6.45) is 2.43. The zero-order chi connectivity index (χ0) is 26.6. The molecule has 0 aromatic heterocycles. The van der Waals surface area contributed by atoms with Crippen molar-refractivity contribution in [2.24, 2.45) is 44.8 Å². The molecule has 202 valence electrons. The summed E-state index contributed by atoms with van der Waals surface area (Å²) in [6.45, 7) is 10.3. The predicted octanol–water partition coefficient (Wildman–Crippen LogP) is 3.99. The van der Waals surface area contributed by atoms with Crippen molar-refractivity contribution >= 4 is 11.9 Å². The minimum absolute atomic E-state index is 0.141. The Morgan fingerprint density at radius 3 is 2.08 bits per heavy atom. The molecule has 5 rings (SSSR count). The smallest absolute Gasteiger partial charge is 0.312 e. The van der Waals surface area contributed by atoms with Crippen molar-refractivity contribution in [3.05, 3.63) is 11.1 Å². The maximum Gasteiger partial charge on any atom is 0.312 e. The van der Waals surface area contributed by atoms with Crippen LogP contribution in [0.5, 0.6) is 0 Å². The summed E-state index contributed by atoms with van der Waals surface area (Å²) in [7, 11) is 0. The van der Waals surface area contributed by atoms with E-state index in [4.69, 9.17) is 0 Å². The van der Waals surface area contributed by atoms with E-state index in [0.29, 0.717) is 32.1 Å². The molecular formula is C29H44O7. The molecular weight excluding hydrogens is 460 g/mol.